The van der Waals surface area contributed by atoms with Crippen molar-refractivity contribution in [3.8, 4) is 0 Å². The van der Waals surface area contributed by atoms with Gasteiger partial charge in [0.05, 0.1) is 6.04 Å². The van der Waals surface area contributed by atoms with Crippen LogP contribution in [0.15, 0.2) is 54.6 Å². The van der Waals surface area contributed by atoms with Crippen molar-refractivity contribution < 1.29 is 9.18 Å². The van der Waals surface area contributed by atoms with E-state index in [1.165, 1.54) is 17.7 Å². The lowest BCUT2D eigenvalue weighted by Crippen LogP contribution is -2.48. The predicted octanol–water partition coefficient (Wildman–Crippen LogP) is 2.86. The Morgan fingerprint density at radius 3 is 2.37 bits per heavy atom. The summed E-state index contributed by atoms with van der Waals surface area (Å²) in [6.45, 7) is 4.43. The van der Waals surface area contributed by atoms with Gasteiger partial charge in [-0.15, -0.1) is 0 Å². The third-order valence-electron chi connectivity index (χ3n) is 5.21. The molecule has 27 heavy (non-hydrogen) atoms. The first-order chi connectivity index (χ1) is 13.1. The molecule has 0 aliphatic carbocycles. The van der Waals surface area contributed by atoms with Crippen LogP contribution in [0.4, 0.5) is 4.39 Å². The van der Waals surface area contributed by atoms with Crippen molar-refractivity contribution in [2.45, 2.75) is 18.9 Å². The Balaban J connectivity index is 1.59. The van der Waals surface area contributed by atoms with Crippen molar-refractivity contribution in [1.82, 2.24) is 15.1 Å². The molecular formula is C22H28FN3O. The second-order valence-corrected chi connectivity index (χ2v) is 7.20. The van der Waals surface area contributed by atoms with Crippen molar-refractivity contribution in [2.24, 2.45) is 0 Å². The number of aryl methyl sites for hydroxylation is 1. The normalized spacial score (nSPS) is 16.8. The predicted molar refractivity (Wildman–Crippen MR) is 106 cm³/mol. The largest absolute Gasteiger partial charge is 0.354 e. The summed E-state index contributed by atoms with van der Waals surface area (Å²) in [6.07, 6.45) is 1.21. The van der Waals surface area contributed by atoms with Crippen LogP contribution in [-0.4, -0.2) is 55.5 Å². The molecule has 4 nitrogen and oxygen atoms in total. The van der Waals surface area contributed by atoms with E-state index in [2.05, 4.69) is 22.2 Å². The molecule has 0 bridgehead atoms. The molecule has 1 aliphatic heterocycles. The Bertz CT molecular complexity index is 712. The van der Waals surface area contributed by atoms with E-state index in [1.807, 2.05) is 42.5 Å². The highest BCUT2D eigenvalue weighted by molar-refractivity contribution is 5.76. The summed E-state index contributed by atoms with van der Waals surface area (Å²) >= 11 is 0. The van der Waals surface area contributed by atoms with Crippen LogP contribution in [0.5, 0.6) is 0 Å². The van der Waals surface area contributed by atoms with E-state index in [0.29, 0.717) is 13.0 Å². The molecule has 5 heteroatoms. The molecule has 1 aliphatic rings. The summed E-state index contributed by atoms with van der Waals surface area (Å²) < 4.78 is 13.3. The number of carbonyl (C=O) groups is 1. The maximum absolute atomic E-state index is 13.3. The zero-order valence-corrected chi connectivity index (χ0v) is 15.9. The van der Waals surface area contributed by atoms with Gasteiger partial charge in [0, 0.05) is 39.1 Å². The highest BCUT2D eigenvalue weighted by atomic mass is 19.1. The summed E-state index contributed by atoms with van der Waals surface area (Å²) in [6, 6.07) is 16.8. The summed E-state index contributed by atoms with van der Waals surface area (Å²) in [4.78, 5) is 17.0. The highest BCUT2D eigenvalue weighted by Crippen LogP contribution is 2.22. The molecule has 0 spiro atoms. The molecule has 0 aromatic heterocycles. The van der Waals surface area contributed by atoms with Crippen LogP contribution in [0.3, 0.4) is 0 Å². The fourth-order valence-corrected chi connectivity index (χ4v) is 3.48. The number of carbonyl (C=O) groups excluding carboxylic acids is 1. The van der Waals surface area contributed by atoms with Gasteiger partial charge in [-0.25, -0.2) is 4.39 Å². The van der Waals surface area contributed by atoms with Crippen LogP contribution < -0.4 is 5.32 Å². The van der Waals surface area contributed by atoms with E-state index in [9.17, 15) is 9.18 Å². The van der Waals surface area contributed by atoms with Gasteiger partial charge in [0.15, 0.2) is 0 Å². The third kappa shape index (κ3) is 5.88. The lowest BCUT2D eigenvalue weighted by Gasteiger charge is -2.38. The molecule has 1 atom stereocenters. The fourth-order valence-electron chi connectivity index (χ4n) is 3.48. The monoisotopic (exact) mass is 369 g/mol. The molecule has 1 heterocycles. The van der Waals surface area contributed by atoms with Gasteiger partial charge in [0.2, 0.25) is 5.91 Å². The van der Waals surface area contributed by atoms with E-state index in [-0.39, 0.29) is 17.8 Å². The van der Waals surface area contributed by atoms with Crippen molar-refractivity contribution in [3.05, 3.63) is 71.5 Å². The summed E-state index contributed by atoms with van der Waals surface area (Å²) in [5, 5.41) is 3.09. The minimum absolute atomic E-state index is 0.0556. The number of halogens is 1. The number of hydrogen-bond donors (Lipinski definition) is 1. The second kappa shape index (κ2) is 9.62. The van der Waals surface area contributed by atoms with Crippen molar-refractivity contribution in [2.75, 3.05) is 39.8 Å². The smallest absolute Gasteiger partial charge is 0.220 e. The number of benzene rings is 2. The minimum atomic E-state index is -0.234. The molecule has 2 aromatic carbocycles. The van der Waals surface area contributed by atoms with Crippen molar-refractivity contribution >= 4 is 5.91 Å². The Labute approximate surface area is 161 Å². The van der Waals surface area contributed by atoms with Gasteiger partial charge < -0.3 is 10.2 Å². The first kappa shape index (κ1) is 19.5. The number of piperazine rings is 1. The molecular weight excluding hydrogens is 341 g/mol. The van der Waals surface area contributed by atoms with E-state index >= 15 is 0 Å². The zero-order valence-electron chi connectivity index (χ0n) is 15.9. The van der Waals surface area contributed by atoms with Gasteiger partial charge >= 0.3 is 0 Å². The molecule has 0 radical (unpaired) electrons. The van der Waals surface area contributed by atoms with E-state index in [1.54, 1.807) is 0 Å². The van der Waals surface area contributed by atoms with Crippen LogP contribution in [0, 0.1) is 5.82 Å². The van der Waals surface area contributed by atoms with Gasteiger partial charge in [-0.3, -0.25) is 9.69 Å². The maximum Gasteiger partial charge on any atom is 0.220 e. The molecule has 1 fully saturated rings. The first-order valence-electron chi connectivity index (χ1n) is 9.60. The molecule has 1 saturated heterocycles. The lowest BCUT2D eigenvalue weighted by molar-refractivity contribution is -0.121. The summed E-state index contributed by atoms with van der Waals surface area (Å²) in [5.41, 5.74) is 2.21. The number of rotatable bonds is 7. The number of hydrogen-bond acceptors (Lipinski definition) is 3. The van der Waals surface area contributed by atoms with E-state index in [0.717, 1.165) is 38.2 Å². The average Bonchev–Trinajstić information content (AvgIpc) is 2.70. The van der Waals surface area contributed by atoms with Crippen LogP contribution in [0.1, 0.15) is 23.6 Å². The van der Waals surface area contributed by atoms with Gasteiger partial charge in [-0.2, -0.15) is 0 Å². The van der Waals surface area contributed by atoms with Crippen molar-refractivity contribution in [3.63, 3.8) is 0 Å². The second-order valence-electron chi connectivity index (χ2n) is 7.20. The summed E-state index contributed by atoms with van der Waals surface area (Å²) in [5.74, 6) is -0.178. The topological polar surface area (TPSA) is 35.6 Å². The third-order valence-corrected chi connectivity index (χ3v) is 5.21. The Morgan fingerprint density at radius 2 is 1.70 bits per heavy atom. The molecule has 144 valence electrons. The number of nitrogens with zero attached hydrogens (tertiary/aromatic N) is 2. The molecule has 3 rings (SSSR count). The molecule has 1 N–H and O–H groups in total. The molecule has 0 unspecified atom stereocenters. The summed E-state index contributed by atoms with van der Waals surface area (Å²) in [7, 11) is 2.12. The minimum Gasteiger partial charge on any atom is -0.354 e. The molecule has 0 saturated carbocycles. The maximum atomic E-state index is 13.3. The van der Waals surface area contributed by atoms with E-state index < -0.39 is 0 Å². The van der Waals surface area contributed by atoms with Crippen LogP contribution >= 0.6 is 0 Å². The molecule has 1 amide bonds. The standard InChI is InChI=1S/C22H28FN3O/c1-25-13-15-26(16-14-25)21(19-8-10-20(23)11-9-19)17-24-22(27)12-7-18-5-3-2-4-6-18/h2-6,8-11,21H,7,12-17H2,1H3,(H,24,27)/t21-/m0/s1. The van der Waals surface area contributed by atoms with Crippen molar-refractivity contribution in [1.29, 1.82) is 0 Å². The average molecular weight is 369 g/mol. The first-order valence-corrected chi connectivity index (χ1v) is 9.60. The number of amides is 1. The Hall–Kier alpha value is -2.24. The van der Waals surface area contributed by atoms with Gasteiger partial charge in [-0.05, 0) is 36.7 Å². The Morgan fingerprint density at radius 1 is 1.04 bits per heavy atom. The number of nitrogens with one attached hydrogen (secondary N) is 1. The van der Waals surface area contributed by atoms with Gasteiger partial charge in [0.25, 0.3) is 0 Å². The zero-order chi connectivity index (χ0) is 19.1. The SMILES string of the molecule is CN1CCN([C@@H](CNC(=O)CCc2ccccc2)c2ccc(F)cc2)CC1. The van der Waals surface area contributed by atoms with Crippen LogP contribution in [-0.2, 0) is 11.2 Å². The Kier molecular flexibility index (Phi) is 6.96. The van der Waals surface area contributed by atoms with Crippen LogP contribution in [0.25, 0.3) is 0 Å². The van der Waals surface area contributed by atoms with Crippen LogP contribution in [0.2, 0.25) is 0 Å². The molecule has 2 aromatic rings. The fraction of sp³-hybridized carbons (Fsp3) is 0.409. The lowest BCUT2D eigenvalue weighted by atomic mass is 10.0. The van der Waals surface area contributed by atoms with E-state index in [4.69, 9.17) is 0 Å². The quantitative estimate of drug-likeness (QED) is 0.815. The highest BCUT2D eigenvalue weighted by Gasteiger charge is 2.24. The number of likely N-dealkylation sites (N-methyl/N-ethyl adjacent to an activating group) is 1. The van der Waals surface area contributed by atoms with Gasteiger partial charge in [0.1, 0.15) is 5.82 Å². The van der Waals surface area contributed by atoms with Gasteiger partial charge in [-0.1, -0.05) is 42.5 Å².